The fraction of sp³-hybridized carbons (Fsp3) is 0.312. The van der Waals surface area contributed by atoms with E-state index in [4.69, 9.17) is 11.6 Å². The molecule has 2 aromatic rings. The van der Waals surface area contributed by atoms with Gasteiger partial charge in [0.15, 0.2) is 5.69 Å². The van der Waals surface area contributed by atoms with Gasteiger partial charge in [-0.05, 0) is 37.2 Å². The number of benzene rings is 1. The molecule has 0 saturated heterocycles. The van der Waals surface area contributed by atoms with Gasteiger partial charge in [-0.2, -0.15) is 0 Å². The molecule has 0 spiro atoms. The van der Waals surface area contributed by atoms with Gasteiger partial charge in [0.2, 0.25) is 0 Å². The fourth-order valence-corrected chi connectivity index (χ4v) is 2.80. The Morgan fingerprint density at radius 1 is 1.12 bits per heavy atom. The van der Waals surface area contributed by atoms with E-state index in [1.165, 1.54) is 11.8 Å². The maximum absolute atomic E-state index is 11.9. The van der Waals surface area contributed by atoms with Crippen LogP contribution in [0.25, 0.3) is 0 Å². The first-order valence-electron chi connectivity index (χ1n) is 7.45. The van der Waals surface area contributed by atoms with Gasteiger partial charge in [-0.25, -0.2) is 0 Å². The number of aromatic nitrogens is 2. The van der Waals surface area contributed by atoms with E-state index in [1.54, 1.807) is 12.1 Å². The van der Waals surface area contributed by atoms with Crippen molar-refractivity contribution in [2.75, 3.05) is 19.6 Å². The second-order valence-electron chi connectivity index (χ2n) is 4.80. The lowest BCUT2D eigenvalue weighted by Crippen LogP contribution is -2.32. The van der Waals surface area contributed by atoms with Gasteiger partial charge in [0, 0.05) is 18.0 Å². The average Bonchev–Trinajstić information content (AvgIpc) is 2.57. The van der Waals surface area contributed by atoms with Crippen LogP contribution < -0.4 is 10.6 Å². The smallest absolute Gasteiger partial charge is 0.271 e. The fourth-order valence-electron chi connectivity index (χ4n) is 1.79. The van der Waals surface area contributed by atoms with E-state index < -0.39 is 0 Å². The maximum Gasteiger partial charge on any atom is 0.271 e. The molecule has 1 aromatic heterocycles. The van der Waals surface area contributed by atoms with Crippen molar-refractivity contribution in [3.8, 4) is 0 Å². The zero-order valence-electron chi connectivity index (χ0n) is 13.3. The van der Waals surface area contributed by atoms with Crippen LogP contribution in [0.15, 0.2) is 46.3 Å². The highest BCUT2D eigenvalue weighted by atomic mass is 35.5. The number of nitrogens with zero attached hydrogens (tertiary/aromatic N) is 2. The summed E-state index contributed by atoms with van der Waals surface area (Å²) >= 11 is 7.52. The van der Waals surface area contributed by atoms with Crippen LogP contribution in [0, 0.1) is 0 Å². The van der Waals surface area contributed by atoms with Crippen molar-refractivity contribution < 1.29 is 4.79 Å². The summed E-state index contributed by atoms with van der Waals surface area (Å²) < 4.78 is 0. The third-order valence-electron chi connectivity index (χ3n) is 2.94. The number of carbonyl (C=O) groups excluding carboxylic acids is 1. The first-order valence-corrected chi connectivity index (χ1v) is 8.65. The first kappa shape index (κ1) is 20.7. The Balaban J connectivity index is 0.00000288. The van der Waals surface area contributed by atoms with E-state index in [1.807, 2.05) is 24.3 Å². The Kier molecular flexibility index (Phi) is 9.71. The van der Waals surface area contributed by atoms with Crippen LogP contribution in [0.2, 0.25) is 5.02 Å². The Morgan fingerprint density at radius 2 is 1.92 bits per heavy atom. The van der Waals surface area contributed by atoms with Crippen molar-refractivity contribution in [2.24, 2.45) is 0 Å². The van der Waals surface area contributed by atoms with Crippen LogP contribution in [0.5, 0.6) is 0 Å². The van der Waals surface area contributed by atoms with Gasteiger partial charge in [-0.15, -0.1) is 22.6 Å². The third kappa shape index (κ3) is 6.65. The standard InChI is InChI=1S/C16H19ClN4OS.ClH/c1-2-9-18-10-11-19-16(22)13-7-8-15(21-20-13)23-14-6-4-3-5-12(14)17;/h3-8,18H,2,9-11H2,1H3,(H,19,22);1H. The van der Waals surface area contributed by atoms with Crippen LogP contribution in [0.4, 0.5) is 0 Å². The molecule has 1 heterocycles. The molecule has 2 rings (SSSR count). The molecular weight excluding hydrogens is 367 g/mol. The van der Waals surface area contributed by atoms with Crippen LogP contribution in [-0.2, 0) is 0 Å². The lowest BCUT2D eigenvalue weighted by atomic mass is 10.3. The van der Waals surface area contributed by atoms with Crippen LogP contribution in [0.3, 0.4) is 0 Å². The molecule has 5 nitrogen and oxygen atoms in total. The molecular formula is C16H20Cl2N4OS. The van der Waals surface area contributed by atoms with Crippen LogP contribution in [-0.4, -0.2) is 35.7 Å². The molecule has 0 aliphatic heterocycles. The SMILES string of the molecule is CCCNCCNC(=O)c1ccc(Sc2ccccc2Cl)nn1.Cl. The van der Waals surface area contributed by atoms with Crippen molar-refractivity contribution in [1.29, 1.82) is 0 Å². The lowest BCUT2D eigenvalue weighted by molar-refractivity contribution is 0.0947. The topological polar surface area (TPSA) is 66.9 Å². The van der Waals surface area contributed by atoms with Crippen molar-refractivity contribution >= 4 is 41.7 Å². The van der Waals surface area contributed by atoms with Gasteiger partial charge in [0.1, 0.15) is 5.03 Å². The summed E-state index contributed by atoms with van der Waals surface area (Å²) in [4.78, 5) is 12.8. The highest BCUT2D eigenvalue weighted by molar-refractivity contribution is 7.99. The number of rotatable bonds is 8. The highest BCUT2D eigenvalue weighted by Gasteiger charge is 2.09. The van der Waals surface area contributed by atoms with Gasteiger partial charge in [0.05, 0.1) is 5.02 Å². The van der Waals surface area contributed by atoms with Gasteiger partial charge in [-0.1, -0.05) is 42.4 Å². The van der Waals surface area contributed by atoms with Crippen molar-refractivity contribution in [3.05, 3.63) is 47.1 Å². The summed E-state index contributed by atoms with van der Waals surface area (Å²) in [6, 6.07) is 11.0. The molecule has 0 fully saturated rings. The molecule has 1 amide bonds. The van der Waals surface area contributed by atoms with Gasteiger partial charge in [0.25, 0.3) is 5.91 Å². The van der Waals surface area contributed by atoms with E-state index in [9.17, 15) is 4.79 Å². The monoisotopic (exact) mass is 386 g/mol. The lowest BCUT2D eigenvalue weighted by Gasteiger charge is -2.06. The summed E-state index contributed by atoms with van der Waals surface area (Å²) in [5.41, 5.74) is 0.309. The van der Waals surface area contributed by atoms with E-state index in [0.717, 1.165) is 24.4 Å². The number of hydrogen-bond donors (Lipinski definition) is 2. The molecule has 130 valence electrons. The van der Waals surface area contributed by atoms with Gasteiger partial charge >= 0.3 is 0 Å². The predicted octanol–water partition coefficient (Wildman–Crippen LogP) is 3.43. The molecule has 0 atom stereocenters. The highest BCUT2D eigenvalue weighted by Crippen LogP contribution is 2.31. The zero-order valence-corrected chi connectivity index (χ0v) is 15.7. The first-order chi connectivity index (χ1) is 11.2. The number of nitrogens with one attached hydrogen (secondary N) is 2. The van der Waals surface area contributed by atoms with Crippen LogP contribution >= 0.6 is 35.8 Å². The number of halogens is 2. The quantitative estimate of drug-likeness (QED) is 0.680. The summed E-state index contributed by atoms with van der Waals surface area (Å²) in [6.45, 7) is 4.36. The van der Waals surface area contributed by atoms with E-state index >= 15 is 0 Å². The minimum absolute atomic E-state index is 0. The van der Waals surface area contributed by atoms with Crippen molar-refractivity contribution in [1.82, 2.24) is 20.8 Å². The second kappa shape index (κ2) is 11.3. The van der Waals surface area contributed by atoms with Gasteiger partial charge < -0.3 is 10.6 Å². The molecule has 0 bridgehead atoms. The van der Waals surface area contributed by atoms with E-state index in [2.05, 4.69) is 27.8 Å². The largest absolute Gasteiger partial charge is 0.349 e. The van der Waals surface area contributed by atoms with Gasteiger partial charge in [-0.3, -0.25) is 4.79 Å². The molecule has 0 aliphatic rings. The minimum Gasteiger partial charge on any atom is -0.349 e. The second-order valence-corrected chi connectivity index (χ2v) is 6.26. The molecule has 24 heavy (non-hydrogen) atoms. The third-order valence-corrected chi connectivity index (χ3v) is 4.38. The Morgan fingerprint density at radius 3 is 2.58 bits per heavy atom. The average molecular weight is 387 g/mol. The number of carbonyl (C=O) groups is 1. The Labute approximate surface area is 157 Å². The zero-order chi connectivity index (χ0) is 16.5. The summed E-state index contributed by atoms with van der Waals surface area (Å²) in [6.07, 6.45) is 1.07. The molecule has 8 heteroatoms. The Bertz CT molecular complexity index is 640. The molecule has 0 radical (unpaired) electrons. The minimum atomic E-state index is -0.218. The van der Waals surface area contributed by atoms with E-state index in [0.29, 0.717) is 22.3 Å². The molecule has 2 N–H and O–H groups in total. The summed E-state index contributed by atoms with van der Waals surface area (Å²) in [5, 5.41) is 15.4. The predicted molar refractivity (Wildman–Crippen MR) is 100 cm³/mol. The number of hydrogen-bond acceptors (Lipinski definition) is 5. The Hall–Kier alpha value is -1.34. The molecule has 0 unspecified atom stereocenters. The molecule has 0 saturated carbocycles. The summed E-state index contributed by atoms with van der Waals surface area (Å²) in [7, 11) is 0. The summed E-state index contributed by atoms with van der Waals surface area (Å²) in [5.74, 6) is -0.218. The van der Waals surface area contributed by atoms with Crippen LogP contribution in [0.1, 0.15) is 23.8 Å². The molecule has 0 aliphatic carbocycles. The number of amides is 1. The van der Waals surface area contributed by atoms with Crippen molar-refractivity contribution in [3.63, 3.8) is 0 Å². The molecule has 1 aromatic carbocycles. The van der Waals surface area contributed by atoms with E-state index in [-0.39, 0.29) is 18.3 Å². The maximum atomic E-state index is 11.9. The van der Waals surface area contributed by atoms with Crippen molar-refractivity contribution in [2.45, 2.75) is 23.3 Å². The normalized spacial score (nSPS) is 10.1.